The number of aryl methyl sites for hydroxylation is 2. The van der Waals surface area contributed by atoms with E-state index in [9.17, 15) is 9.59 Å². The van der Waals surface area contributed by atoms with Crippen molar-refractivity contribution in [3.05, 3.63) is 63.5 Å². The molecule has 0 radical (unpaired) electrons. The van der Waals surface area contributed by atoms with Gasteiger partial charge in [-0.05, 0) is 30.7 Å². The molecule has 1 amide bonds. The smallest absolute Gasteiger partial charge is 0.291 e. The second kappa shape index (κ2) is 8.43. The number of nitrogens with zero attached hydrogens (tertiary/aromatic N) is 5. The number of anilines is 1. The highest BCUT2D eigenvalue weighted by atomic mass is 32.1. The quantitative estimate of drug-likeness (QED) is 0.470. The molecule has 1 aromatic carbocycles. The molecule has 0 spiro atoms. The second-order valence-corrected chi connectivity index (χ2v) is 9.29. The third kappa shape index (κ3) is 3.58. The van der Waals surface area contributed by atoms with Crippen molar-refractivity contribution >= 4 is 38.7 Å². The molecule has 166 valence electrons. The van der Waals surface area contributed by atoms with Crippen LogP contribution in [-0.4, -0.2) is 51.2 Å². The van der Waals surface area contributed by atoms with Gasteiger partial charge < -0.3 is 9.80 Å². The number of thiophene rings is 1. The number of benzene rings is 1. The molecule has 0 saturated carbocycles. The number of carbonyl (C=O) groups excluding carboxylic acids is 1. The molecule has 1 aliphatic heterocycles. The molecule has 0 atom stereocenters. The summed E-state index contributed by atoms with van der Waals surface area (Å²) in [6.07, 6.45) is 1.65. The Morgan fingerprint density at radius 3 is 2.44 bits per heavy atom. The zero-order valence-corrected chi connectivity index (χ0v) is 19.3. The average molecular weight is 450 g/mol. The highest BCUT2D eigenvalue weighted by Crippen LogP contribution is 2.29. The minimum Gasteiger partial charge on any atom is -0.368 e. The van der Waals surface area contributed by atoms with Gasteiger partial charge in [-0.2, -0.15) is 5.10 Å². The number of aromatic nitrogens is 3. The molecular weight excluding hydrogens is 422 g/mol. The molecule has 4 aromatic rings. The zero-order chi connectivity index (χ0) is 22.2. The Morgan fingerprint density at radius 2 is 1.75 bits per heavy atom. The Balaban J connectivity index is 1.37. The van der Waals surface area contributed by atoms with Crippen LogP contribution in [0.3, 0.4) is 0 Å². The van der Waals surface area contributed by atoms with Crippen molar-refractivity contribution in [2.75, 3.05) is 31.1 Å². The molecule has 0 unspecified atom stereocenters. The maximum Gasteiger partial charge on any atom is 0.291 e. The summed E-state index contributed by atoms with van der Waals surface area (Å²) in [6.45, 7) is 7.00. The minimum absolute atomic E-state index is 0.0211. The standard InChI is InChI=1S/C24H27N5O2S/c1-3-18-14-19-21(32-18)15-20-24(31)28(25-22(4-2)29(19)20)16-23(30)27-12-10-26(11-13-27)17-8-6-5-7-9-17/h5-9,14-15H,3-4,10-13,16H2,1-2H3. The van der Waals surface area contributed by atoms with Crippen LogP contribution in [0.2, 0.25) is 0 Å². The van der Waals surface area contributed by atoms with Crippen LogP contribution < -0.4 is 10.5 Å². The molecule has 1 saturated heterocycles. The van der Waals surface area contributed by atoms with E-state index in [4.69, 9.17) is 0 Å². The Bertz CT molecular complexity index is 1330. The van der Waals surface area contributed by atoms with Gasteiger partial charge in [0, 0.05) is 43.2 Å². The number of rotatable bonds is 5. The van der Waals surface area contributed by atoms with Gasteiger partial charge >= 0.3 is 0 Å². The number of hydrogen-bond acceptors (Lipinski definition) is 5. The highest BCUT2D eigenvalue weighted by Gasteiger charge is 2.23. The molecule has 7 nitrogen and oxygen atoms in total. The third-order valence-electron chi connectivity index (χ3n) is 6.19. The van der Waals surface area contributed by atoms with Crippen LogP contribution in [0.15, 0.2) is 47.3 Å². The summed E-state index contributed by atoms with van der Waals surface area (Å²) in [4.78, 5) is 31.6. The van der Waals surface area contributed by atoms with Gasteiger partial charge in [0.2, 0.25) is 5.91 Å². The Morgan fingerprint density at radius 1 is 1.00 bits per heavy atom. The van der Waals surface area contributed by atoms with Crippen molar-refractivity contribution in [1.29, 1.82) is 0 Å². The van der Waals surface area contributed by atoms with E-state index >= 15 is 0 Å². The van der Waals surface area contributed by atoms with Crippen LogP contribution >= 0.6 is 11.3 Å². The molecule has 0 N–H and O–H groups in total. The van der Waals surface area contributed by atoms with E-state index in [0.29, 0.717) is 25.0 Å². The van der Waals surface area contributed by atoms with Crippen molar-refractivity contribution in [2.24, 2.45) is 0 Å². The van der Waals surface area contributed by atoms with Gasteiger partial charge in [0.05, 0.1) is 10.2 Å². The van der Waals surface area contributed by atoms with Crippen molar-refractivity contribution in [3.8, 4) is 0 Å². The predicted octanol–water partition coefficient (Wildman–Crippen LogP) is 3.18. The average Bonchev–Trinajstić information content (AvgIpc) is 3.40. The first-order valence-corrected chi connectivity index (χ1v) is 12.0. The van der Waals surface area contributed by atoms with E-state index in [1.807, 2.05) is 40.5 Å². The molecule has 4 heterocycles. The third-order valence-corrected chi connectivity index (χ3v) is 7.41. The highest BCUT2D eigenvalue weighted by molar-refractivity contribution is 7.19. The molecule has 3 aromatic heterocycles. The normalized spacial score (nSPS) is 14.6. The van der Waals surface area contributed by atoms with Crippen molar-refractivity contribution < 1.29 is 4.79 Å². The lowest BCUT2D eigenvalue weighted by atomic mass is 10.2. The fraction of sp³-hybridized carbons (Fsp3) is 0.375. The van der Waals surface area contributed by atoms with Crippen molar-refractivity contribution in [3.63, 3.8) is 0 Å². The number of fused-ring (bicyclic) bond motifs is 3. The number of carbonyl (C=O) groups is 1. The lowest BCUT2D eigenvalue weighted by molar-refractivity contribution is -0.132. The van der Waals surface area contributed by atoms with Crippen LogP contribution in [0.4, 0.5) is 5.69 Å². The van der Waals surface area contributed by atoms with Crippen LogP contribution in [0.1, 0.15) is 24.5 Å². The van der Waals surface area contributed by atoms with E-state index < -0.39 is 0 Å². The molecule has 0 bridgehead atoms. The Hall–Kier alpha value is -3.13. The summed E-state index contributed by atoms with van der Waals surface area (Å²) in [6, 6.07) is 14.3. The van der Waals surface area contributed by atoms with Crippen molar-refractivity contribution in [1.82, 2.24) is 19.1 Å². The molecule has 0 aliphatic carbocycles. The fourth-order valence-corrected chi connectivity index (χ4v) is 5.45. The molecule has 32 heavy (non-hydrogen) atoms. The summed E-state index contributed by atoms with van der Waals surface area (Å²) in [5.74, 6) is 0.747. The van der Waals surface area contributed by atoms with Gasteiger partial charge in [-0.3, -0.25) is 14.0 Å². The van der Waals surface area contributed by atoms with Crippen LogP contribution in [-0.2, 0) is 24.2 Å². The Kier molecular flexibility index (Phi) is 5.46. The number of amides is 1. The molecule has 1 aliphatic rings. The summed E-state index contributed by atoms with van der Waals surface area (Å²) in [5.41, 5.74) is 2.61. The van der Waals surface area contributed by atoms with Crippen LogP contribution in [0, 0.1) is 0 Å². The van der Waals surface area contributed by atoms with Gasteiger partial charge in [-0.15, -0.1) is 11.3 Å². The largest absolute Gasteiger partial charge is 0.368 e. The monoisotopic (exact) mass is 449 g/mol. The zero-order valence-electron chi connectivity index (χ0n) is 18.5. The molecule has 5 rings (SSSR count). The maximum atomic E-state index is 13.2. The van der Waals surface area contributed by atoms with E-state index in [2.05, 4.69) is 35.1 Å². The van der Waals surface area contributed by atoms with Gasteiger partial charge in [-0.1, -0.05) is 32.0 Å². The van der Waals surface area contributed by atoms with E-state index in [-0.39, 0.29) is 18.0 Å². The second-order valence-electron chi connectivity index (χ2n) is 8.12. The lowest BCUT2D eigenvalue weighted by Gasteiger charge is -2.36. The van der Waals surface area contributed by atoms with Crippen LogP contribution in [0.5, 0.6) is 0 Å². The van der Waals surface area contributed by atoms with Crippen molar-refractivity contribution in [2.45, 2.75) is 33.2 Å². The Labute approximate surface area is 190 Å². The number of para-hydroxylation sites is 1. The van der Waals surface area contributed by atoms with E-state index in [1.54, 1.807) is 11.3 Å². The molecule has 8 heteroatoms. The number of piperazine rings is 1. The summed E-state index contributed by atoms with van der Waals surface area (Å²) in [7, 11) is 0. The topological polar surface area (TPSA) is 62.9 Å². The predicted molar refractivity (Wildman–Crippen MR) is 129 cm³/mol. The van der Waals surface area contributed by atoms with Gasteiger partial charge in [-0.25, -0.2) is 4.68 Å². The first-order valence-electron chi connectivity index (χ1n) is 11.2. The lowest BCUT2D eigenvalue weighted by Crippen LogP contribution is -2.50. The van der Waals surface area contributed by atoms with Crippen LogP contribution in [0.25, 0.3) is 15.7 Å². The van der Waals surface area contributed by atoms with Gasteiger partial charge in [0.1, 0.15) is 17.9 Å². The van der Waals surface area contributed by atoms with E-state index in [1.165, 1.54) is 15.2 Å². The van der Waals surface area contributed by atoms with Gasteiger partial charge in [0.15, 0.2) is 0 Å². The first kappa shape index (κ1) is 20.8. The minimum atomic E-state index is -0.208. The summed E-state index contributed by atoms with van der Waals surface area (Å²) in [5, 5.41) is 4.59. The first-order chi connectivity index (χ1) is 15.6. The summed E-state index contributed by atoms with van der Waals surface area (Å²) < 4.78 is 4.41. The van der Waals surface area contributed by atoms with E-state index in [0.717, 1.165) is 35.6 Å². The molecule has 1 fully saturated rings. The summed E-state index contributed by atoms with van der Waals surface area (Å²) >= 11 is 1.72. The van der Waals surface area contributed by atoms with Gasteiger partial charge in [0.25, 0.3) is 5.56 Å². The number of hydrogen-bond donors (Lipinski definition) is 0. The maximum absolute atomic E-state index is 13.2. The fourth-order valence-electron chi connectivity index (χ4n) is 4.43. The molecular formula is C24H27N5O2S. The SMILES string of the molecule is CCc1cc2c(cc3c(=O)n(CC(=O)N4CCN(c5ccccc5)CC4)nc(CC)n32)s1.